The number of nitrogens with zero attached hydrogens (tertiary/aromatic N) is 2. The number of carbonyl (C=O) groups excluding carboxylic acids is 2. The highest BCUT2D eigenvalue weighted by atomic mass is 16.5. The van der Waals surface area contributed by atoms with Crippen LogP contribution in [-0.4, -0.2) is 46.7 Å². The fourth-order valence-corrected chi connectivity index (χ4v) is 4.35. The summed E-state index contributed by atoms with van der Waals surface area (Å²) in [5.41, 5.74) is -0.769. The molecule has 3 aromatic rings. The molecule has 1 unspecified atom stereocenters. The van der Waals surface area contributed by atoms with E-state index in [0.717, 1.165) is 11.1 Å². The first-order valence-corrected chi connectivity index (χ1v) is 11.0. The van der Waals surface area contributed by atoms with Gasteiger partial charge in [-0.05, 0) is 44.0 Å². The van der Waals surface area contributed by atoms with Crippen molar-refractivity contribution >= 4 is 28.3 Å². The van der Waals surface area contributed by atoms with Crippen LogP contribution >= 0.6 is 0 Å². The molecule has 2 aromatic carbocycles. The van der Waals surface area contributed by atoms with Gasteiger partial charge in [-0.25, -0.2) is 4.79 Å². The predicted octanol–water partition coefficient (Wildman–Crippen LogP) is 3.22. The molecule has 3 rings (SSSR count). The summed E-state index contributed by atoms with van der Waals surface area (Å²) in [4.78, 5) is 39.7. The van der Waals surface area contributed by atoms with Gasteiger partial charge in [-0.15, -0.1) is 0 Å². The Hall–Kier alpha value is -3.52. The molecule has 180 valence electrons. The van der Waals surface area contributed by atoms with Crippen LogP contribution in [0.15, 0.2) is 51.8 Å². The molecule has 0 aliphatic carbocycles. The van der Waals surface area contributed by atoms with Crippen molar-refractivity contribution < 1.29 is 19.2 Å². The number of benzene rings is 2. The lowest BCUT2D eigenvalue weighted by Crippen LogP contribution is -2.51. The maximum atomic E-state index is 13.5. The maximum absolute atomic E-state index is 13.5. The average molecular weight is 466 g/mol. The summed E-state index contributed by atoms with van der Waals surface area (Å²) in [6.07, 6.45) is -0.0586. The van der Waals surface area contributed by atoms with Crippen LogP contribution in [-0.2, 0) is 16.0 Å². The van der Waals surface area contributed by atoms with E-state index < -0.39 is 22.5 Å². The van der Waals surface area contributed by atoms with Crippen LogP contribution in [0.2, 0.25) is 0 Å². The van der Waals surface area contributed by atoms with Gasteiger partial charge in [0.25, 0.3) is 5.91 Å². The largest absolute Gasteiger partial charge is 0.380 e. The highest BCUT2D eigenvalue weighted by Crippen LogP contribution is 2.33. The van der Waals surface area contributed by atoms with Crippen LogP contribution < -0.4 is 10.9 Å². The molecule has 1 heterocycles. The molecule has 0 aliphatic heterocycles. The molecule has 0 spiro atoms. The molecule has 34 heavy (non-hydrogen) atoms. The van der Waals surface area contributed by atoms with Gasteiger partial charge in [-0.1, -0.05) is 48.8 Å². The summed E-state index contributed by atoms with van der Waals surface area (Å²) in [6.45, 7) is 7.06. The molecule has 8 heteroatoms. The van der Waals surface area contributed by atoms with Crippen LogP contribution in [0.25, 0.3) is 10.8 Å². The average Bonchev–Trinajstić information content (AvgIpc) is 2.75. The molecule has 2 N–H and O–H groups in total. The number of hydrogen-bond donors (Lipinski definition) is 2. The van der Waals surface area contributed by atoms with Crippen molar-refractivity contribution in [3.63, 3.8) is 0 Å². The topological polar surface area (TPSA) is 113 Å². The molecular weight excluding hydrogens is 434 g/mol. The summed E-state index contributed by atoms with van der Waals surface area (Å²) >= 11 is 0. The van der Waals surface area contributed by atoms with Crippen molar-refractivity contribution in [1.82, 2.24) is 10.1 Å². The minimum absolute atomic E-state index is 0.0302. The number of aliphatic hydroxyl groups is 1. The molecule has 8 nitrogen and oxygen atoms in total. The first-order valence-electron chi connectivity index (χ1n) is 11.0. The molecular formula is C26H31N3O5. The highest BCUT2D eigenvalue weighted by molar-refractivity contribution is 6.00. The molecule has 0 saturated carbocycles. The lowest BCUT2D eigenvalue weighted by molar-refractivity contribution is -0.146. The van der Waals surface area contributed by atoms with Gasteiger partial charge in [-0.3, -0.25) is 9.59 Å². The summed E-state index contributed by atoms with van der Waals surface area (Å²) in [7, 11) is 3.29. The van der Waals surface area contributed by atoms with Crippen molar-refractivity contribution in [1.29, 1.82) is 0 Å². The van der Waals surface area contributed by atoms with E-state index in [1.54, 1.807) is 53.1 Å². The zero-order chi connectivity index (χ0) is 25.3. The third-order valence-electron chi connectivity index (χ3n) is 5.87. The predicted molar refractivity (Wildman–Crippen MR) is 131 cm³/mol. The molecule has 2 amide bonds. The van der Waals surface area contributed by atoms with Gasteiger partial charge in [0.15, 0.2) is 0 Å². The third-order valence-corrected chi connectivity index (χ3v) is 5.87. The zero-order valence-corrected chi connectivity index (χ0v) is 20.4. The quantitative estimate of drug-likeness (QED) is 0.554. The number of amides is 2. The Labute approximate surface area is 198 Å². The third kappa shape index (κ3) is 5.34. The van der Waals surface area contributed by atoms with Gasteiger partial charge in [-0.2, -0.15) is 0 Å². The molecule has 0 fully saturated rings. The monoisotopic (exact) mass is 465 g/mol. The van der Waals surface area contributed by atoms with Gasteiger partial charge in [0.1, 0.15) is 5.60 Å². The molecule has 1 atom stereocenters. The zero-order valence-electron chi connectivity index (χ0n) is 20.4. The number of rotatable bonds is 7. The van der Waals surface area contributed by atoms with Gasteiger partial charge < -0.3 is 19.8 Å². The van der Waals surface area contributed by atoms with Crippen LogP contribution in [0.1, 0.15) is 37.1 Å². The maximum Gasteiger partial charge on any atom is 0.366 e. The van der Waals surface area contributed by atoms with Crippen LogP contribution in [0.3, 0.4) is 0 Å². The van der Waals surface area contributed by atoms with Crippen molar-refractivity contribution in [2.24, 2.45) is 5.41 Å². The van der Waals surface area contributed by atoms with E-state index in [-0.39, 0.29) is 18.7 Å². The van der Waals surface area contributed by atoms with Crippen molar-refractivity contribution in [3.8, 4) is 0 Å². The summed E-state index contributed by atoms with van der Waals surface area (Å²) < 4.78 is 4.75. The first-order chi connectivity index (χ1) is 15.8. The SMILES string of the molecule is Cc1cccc(CC(O)(CC(C)(C)C(=O)N(C)C)C(=O)Nc2ccc3c(=O)onc(C)c3c2)c1. The minimum Gasteiger partial charge on any atom is -0.380 e. The standard InChI is InChI=1S/C26H31N3O5/c1-16-8-7-9-18(12-16)14-26(33,15-25(3,4)24(32)29(5)6)23(31)27-19-10-11-20-21(13-19)17(2)28-34-22(20)30/h7-13,33H,14-15H2,1-6H3,(H,27,31). The normalized spacial score (nSPS) is 13.4. The Bertz CT molecular complexity index is 1300. The number of anilines is 1. The lowest BCUT2D eigenvalue weighted by Gasteiger charge is -2.36. The van der Waals surface area contributed by atoms with Gasteiger partial charge in [0, 0.05) is 37.0 Å². The summed E-state index contributed by atoms with van der Waals surface area (Å²) in [5.74, 6) is -0.830. The second-order valence-electron chi connectivity index (χ2n) is 9.73. The highest BCUT2D eigenvalue weighted by Gasteiger charge is 2.44. The lowest BCUT2D eigenvalue weighted by atomic mass is 9.76. The van der Waals surface area contributed by atoms with E-state index >= 15 is 0 Å². The van der Waals surface area contributed by atoms with Crippen molar-refractivity contribution in [3.05, 3.63) is 69.7 Å². The molecule has 0 saturated heterocycles. The van der Waals surface area contributed by atoms with Gasteiger partial charge in [0.2, 0.25) is 5.91 Å². The second-order valence-corrected chi connectivity index (χ2v) is 9.73. The number of hydrogen-bond acceptors (Lipinski definition) is 6. The van der Waals surface area contributed by atoms with E-state index in [1.165, 1.54) is 4.90 Å². The number of nitrogens with one attached hydrogen (secondary N) is 1. The summed E-state index contributed by atoms with van der Waals surface area (Å²) in [5, 5.41) is 19.1. The fourth-order valence-electron chi connectivity index (χ4n) is 4.35. The van der Waals surface area contributed by atoms with E-state index in [2.05, 4.69) is 10.5 Å². The Morgan fingerprint density at radius 3 is 2.44 bits per heavy atom. The van der Waals surface area contributed by atoms with Crippen LogP contribution in [0.5, 0.6) is 0 Å². The second kappa shape index (κ2) is 9.38. The summed E-state index contributed by atoms with van der Waals surface area (Å²) in [6, 6.07) is 12.3. The number of aromatic nitrogens is 1. The van der Waals surface area contributed by atoms with Crippen molar-refractivity contribution in [2.75, 3.05) is 19.4 Å². The van der Waals surface area contributed by atoms with E-state index in [9.17, 15) is 19.5 Å². The minimum atomic E-state index is -1.87. The van der Waals surface area contributed by atoms with Crippen LogP contribution in [0, 0.1) is 19.3 Å². The Kier molecular flexibility index (Phi) is 6.93. The van der Waals surface area contributed by atoms with E-state index in [0.29, 0.717) is 22.2 Å². The Morgan fingerprint density at radius 2 is 1.79 bits per heavy atom. The molecule has 1 aromatic heterocycles. The van der Waals surface area contributed by atoms with E-state index in [4.69, 9.17) is 4.52 Å². The smallest absolute Gasteiger partial charge is 0.366 e. The molecule has 0 radical (unpaired) electrons. The van der Waals surface area contributed by atoms with Crippen LogP contribution in [0.4, 0.5) is 5.69 Å². The van der Waals surface area contributed by atoms with Gasteiger partial charge >= 0.3 is 5.63 Å². The number of carbonyl (C=O) groups is 2. The fraction of sp³-hybridized carbons (Fsp3) is 0.385. The Balaban J connectivity index is 1.98. The Morgan fingerprint density at radius 1 is 1.09 bits per heavy atom. The number of fused-ring (bicyclic) bond motifs is 1. The molecule has 0 aliphatic rings. The van der Waals surface area contributed by atoms with Crippen molar-refractivity contribution in [2.45, 2.75) is 46.1 Å². The van der Waals surface area contributed by atoms with E-state index in [1.807, 2.05) is 31.2 Å². The van der Waals surface area contributed by atoms with Gasteiger partial charge in [0.05, 0.1) is 11.1 Å². The molecule has 0 bridgehead atoms. The number of aryl methyl sites for hydroxylation is 2. The first kappa shape index (κ1) is 25.1.